The van der Waals surface area contributed by atoms with Crippen LogP contribution in [-0.4, -0.2) is 50.6 Å². The Kier molecular flexibility index (Phi) is 8.79. The highest BCUT2D eigenvalue weighted by molar-refractivity contribution is 5.77. The zero-order chi connectivity index (χ0) is 27.3. The molecule has 204 valence electrons. The average Bonchev–Trinajstić information content (AvgIpc) is 3.30. The molecule has 1 aliphatic heterocycles. The molecular formula is C29H39N5O4. The third-order valence-corrected chi connectivity index (χ3v) is 7.18. The highest BCUT2D eigenvalue weighted by Gasteiger charge is 2.40. The maximum absolute atomic E-state index is 12.8. The Morgan fingerprint density at radius 2 is 2.08 bits per heavy atom. The molecule has 38 heavy (non-hydrogen) atoms. The lowest BCUT2D eigenvalue weighted by Gasteiger charge is -2.32. The molecule has 3 aromatic rings. The van der Waals surface area contributed by atoms with Crippen LogP contribution >= 0.6 is 0 Å². The second-order valence-electron chi connectivity index (χ2n) is 10.4. The van der Waals surface area contributed by atoms with Crippen LogP contribution < -0.4 is 4.74 Å². The Balaban J connectivity index is 1.62. The first-order chi connectivity index (χ1) is 18.2. The summed E-state index contributed by atoms with van der Waals surface area (Å²) in [6.07, 6.45) is 4.14. The largest absolute Gasteiger partial charge is 0.487 e. The zero-order valence-corrected chi connectivity index (χ0v) is 23.3. The lowest BCUT2D eigenvalue weighted by Crippen LogP contribution is -2.34. The summed E-state index contributed by atoms with van der Waals surface area (Å²) in [7, 11) is 1.41. The van der Waals surface area contributed by atoms with Crippen molar-refractivity contribution in [1.82, 2.24) is 24.9 Å². The molecule has 4 rings (SSSR count). The Labute approximate surface area is 225 Å². The molecule has 0 aliphatic carbocycles. The van der Waals surface area contributed by atoms with Gasteiger partial charge in [-0.15, -0.1) is 5.10 Å². The monoisotopic (exact) mass is 521 g/mol. The SMILES string of the molecule is CCC1CN(Cc2cc(C(OCc3cn(CC)nn3)C(C)(C)C(=O)OC)ccc2C)Cc2ncccc2O1. The Bertz CT molecular complexity index is 1240. The van der Waals surface area contributed by atoms with Crippen LogP contribution in [0.25, 0.3) is 0 Å². The quantitative estimate of drug-likeness (QED) is 0.357. The number of benzene rings is 1. The number of aromatic nitrogens is 4. The lowest BCUT2D eigenvalue weighted by molar-refractivity contribution is -0.162. The minimum Gasteiger partial charge on any atom is -0.487 e. The van der Waals surface area contributed by atoms with E-state index < -0.39 is 11.5 Å². The molecule has 0 bridgehead atoms. The summed E-state index contributed by atoms with van der Waals surface area (Å²) < 4.78 is 19.5. The van der Waals surface area contributed by atoms with Crippen LogP contribution in [0.3, 0.4) is 0 Å². The number of rotatable bonds is 10. The summed E-state index contributed by atoms with van der Waals surface area (Å²) >= 11 is 0. The van der Waals surface area contributed by atoms with E-state index in [1.807, 2.05) is 51.4 Å². The molecule has 0 amide bonds. The summed E-state index contributed by atoms with van der Waals surface area (Å²) in [6, 6.07) is 10.2. The number of aryl methyl sites for hydroxylation is 2. The average molecular weight is 522 g/mol. The Hall–Kier alpha value is -3.30. The summed E-state index contributed by atoms with van der Waals surface area (Å²) in [6.45, 7) is 13.2. The van der Waals surface area contributed by atoms with E-state index >= 15 is 0 Å². The number of ether oxygens (including phenoxy) is 3. The fourth-order valence-corrected chi connectivity index (χ4v) is 4.85. The third kappa shape index (κ3) is 6.22. The molecule has 1 aliphatic rings. The summed E-state index contributed by atoms with van der Waals surface area (Å²) in [5, 5.41) is 8.30. The van der Waals surface area contributed by atoms with Crippen LogP contribution in [0.5, 0.6) is 5.75 Å². The predicted molar refractivity (Wildman–Crippen MR) is 143 cm³/mol. The topological polar surface area (TPSA) is 91.6 Å². The lowest BCUT2D eigenvalue weighted by atomic mass is 9.81. The summed E-state index contributed by atoms with van der Waals surface area (Å²) in [5.74, 6) is 0.528. The number of hydrogen-bond donors (Lipinski definition) is 0. The summed E-state index contributed by atoms with van der Waals surface area (Å²) in [4.78, 5) is 19.8. The molecule has 9 heteroatoms. The molecule has 2 aromatic heterocycles. The van der Waals surface area contributed by atoms with Crippen molar-refractivity contribution >= 4 is 5.97 Å². The van der Waals surface area contributed by atoms with Gasteiger partial charge in [0.2, 0.25) is 0 Å². The smallest absolute Gasteiger partial charge is 0.314 e. The van der Waals surface area contributed by atoms with Gasteiger partial charge in [-0.2, -0.15) is 0 Å². The number of esters is 1. The molecule has 0 radical (unpaired) electrons. The van der Waals surface area contributed by atoms with Gasteiger partial charge in [-0.25, -0.2) is 0 Å². The predicted octanol–water partition coefficient (Wildman–Crippen LogP) is 4.63. The van der Waals surface area contributed by atoms with Crippen LogP contribution in [0.15, 0.2) is 42.7 Å². The van der Waals surface area contributed by atoms with Crippen LogP contribution in [0, 0.1) is 12.3 Å². The van der Waals surface area contributed by atoms with E-state index in [1.54, 1.807) is 4.68 Å². The number of pyridine rings is 1. The highest BCUT2D eigenvalue weighted by Crippen LogP contribution is 2.39. The highest BCUT2D eigenvalue weighted by atomic mass is 16.5. The molecule has 0 fully saturated rings. The number of nitrogens with zero attached hydrogens (tertiary/aromatic N) is 5. The number of fused-ring (bicyclic) bond motifs is 1. The Morgan fingerprint density at radius 1 is 1.26 bits per heavy atom. The van der Waals surface area contributed by atoms with E-state index in [-0.39, 0.29) is 18.7 Å². The number of methoxy groups -OCH3 is 1. The van der Waals surface area contributed by atoms with E-state index in [0.717, 1.165) is 43.1 Å². The fraction of sp³-hybridized carbons (Fsp3) is 0.517. The zero-order valence-electron chi connectivity index (χ0n) is 23.3. The van der Waals surface area contributed by atoms with E-state index in [1.165, 1.54) is 18.2 Å². The third-order valence-electron chi connectivity index (χ3n) is 7.18. The minimum absolute atomic E-state index is 0.0924. The first kappa shape index (κ1) is 27.7. The summed E-state index contributed by atoms with van der Waals surface area (Å²) in [5.41, 5.74) is 4.00. The van der Waals surface area contributed by atoms with Crippen LogP contribution in [0.2, 0.25) is 0 Å². The molecule has 3 heterocycles. The fourth-order valence-electron chi connectivity index (χ4n) is 4.85. The molecule has 9 nitrogen and oxygen atoms in total. The standard InChI is InChI=1S/C29H39N5O4/c1-7-24-17-33(18-25-26(38-24)10-9-13-30-25)15-22-14-21(12-11-20(22)3)27(29(4,5)28(35)36-6)37-19-23-16-34(8-2)32-31-23/h9-14,16,24,27H,7-8,15,17-19H2,1-6H3. The number of carbonyl (C=O) groups is 1. The molecule has 2 unspecified atom stereocenters. The van der Waals surface area contributed by atoms with Gasteiger partial charge in [0, 0.05) is 32.4 Å². The van der Waals surface area contributed by atoms with E-state index in [9.17, 15) is 4.79 Å². The van der Waals surface area contributed by atoms with Crippen molar-refractivity contribution in [2.75, 3.05) is 13.7 Å². The van der Waals surface area contributed by atoms with Crippen molar-refractivity contribution in [3.8, 4) is 5.75 Å². The van der Waals surface area contributed by atoms with E-state index in [2.05, 4.69) is 46.2 Å². The molecule has 0 N–H and O–H groups in total. The molecular weight excluding hydrogens is 482 g/mol. The van der Waals surface area contributed by atoms with Crippen molar-refractivity contribution in [3.63, 3.8) is 0 Å². The van der Waals surface area contributed by atoms with Crippen molar-refractivity contribution < 1.29 is 19.0 Å². The van der Waals surface area contributed by atoms with Crippen molar-refractivity contribution in [2.45, 2.75) is 79.5 Å². The van der Waals surface area contributed by atoms with Gasteiger partial charge in [0.05, 0.1) is 37.1 Å². The van der Waals surface area contributed by atoms with E-state index in [0.29, 0.717) is 12.2 Å². The van der Waals surface area contributed by atoms with Crippen molar-refractivity contribution in [1.29, 1.82) is 0 Å². The molecule has 0 saturated heterocycles. The van der Waals surface area contributed by atoms with Crippen LogP contribution in [0.4, 0.5) is 0 Å². The van der Waals surface area contributed by atoms with Crippen LogP contribution in [0.1, 0.15) is 68.3 Å². The van der Waals surface area contributed by atoms with Crippen LogP contribution in [-0.2, 0) is 40.5 Å². The first-order valence-electron chi connectivity index (χ1n) is 13.3. The van der Waals surface area contributed by atoms with Gasteiger partial charge in [-0.1, -0.05) is 30.3 Å². The second-order valence-corrected chi connectivity index (χ2v) is 10.4. The molecule has 0 saturated carbocycles. The van der Waals surface area contributed by atoms with Gasteiger partial charge in [-0.3, -0.25) is 19.4 Å². The maximum atomic E-state index is 12.8. The first-order valence-corrected chi connectivity index (χ1v) is 13.3. The van der Waals surface area contributed by atoms with Gasteiger partial charge < -0.3 is 14.2 Å². The van der Waals surface area contributed by atoms with Crippen molar-refractivity contribution in [3.05, 3.63) is 70.8 Å². The normalized spacial score (nSPS) is 16.8. The van der Waals surface area contributed by atoms with Gasteiger partial charge in [-0.05, 0) is 62.9 Å². The van der Waals surface area contributed by atoms with Gasteiger partial charge >= 0.3 is 5.97 Å². The van der Waals surface area contributed by atoms with Gasteiger partial charge in [0.1, 0.15) is 17.5 Å². The number of carbonyl (C=O) groups excluding carboxylic acids is 1. The molecule has 0 spiro atoms. The van der Waals surface area contributed by atoms with Gasteiger partial charge in [0.25, 0.3) is 0 Å². The Morgan fingerprint density at radius 3 is 2.79 bits per heavy atom. The van der Waals surface area contributed by atoms with Crippen molar-refractivity contribution in [2.24, 2.45) is 5.41 Å². The molecule has 2 atom stereocenters. The second kappa shape index (κ2) is 12.0. The van der Waals surface area contributed by atoms with E-state index in [4.69, 9.17) is 14.2 Å². The minimum atomic E-state index is -0.922. The van der Waals surface area contributed by atoms with Gasteiger partial charge in [0.15, 0.2) is 0 Å². The number of hydrogen-bond acceptors (Lipinski definition) is 8. The molecule has 1 aromatic carbocycles. The maximum Gasteiger partial charge on any atom is 0.314 e.